The van der Waals surface area contributed by atoms with Gasteiger partial charge in [0.15, 0.2) is 5.78 Å². The van der Waals surface area contributed by atoms with Crippen LogP contribution in [-0.2, 0) is 6.42 Å². The predicted octanol–water partition coefficient (Wildman–Crippen LogP) is 6.21. The van der Waals surface area contributed by atoms with Gasteiger partial charge in [-0.05, 0) is 82.3 Å². The number of hydrogen-bond acceptors (Lipinski definition) is 4. The van der Waals surface area contributed by atoms with Crippen LogP contribution in [0, 0.1) is 25.6 Å². The second-order valence-corrected chi connectivity index (χ2v) is 10.7. The lowest BCUT2D eigenvalue weighted by Crippen LogP contribution is -2.35. The summed E-state index contributed by atoms with van der Waals surface area (Å²) in [5, 5.41) is 4.54. The number of hydrogen-bond donors (Lipinski definition) is 2. The molecule has 1 aliphatic rings. The molecule has 0 saturated carbocycles. The number of H-pyrrole nitrogens is 1. The van der Waals surface area contributed by atoms with E-state index < -0.39 is 0 Å². The van der Waals surface area contributed by atoms with E-state index >= 15 is 0 Å². The number of Topliss-reactive ketones (excluding diaryl/α,β-unsaturated/α-hetero) is 1. The molecule has 0 bridgehead atoms. The Morgan fingerprint density at radius 3 is 2.64 bits per heavy atom. The van der Waals surface area contributed by atoms with Crippen LogP contribution >= 0.6 is 0 Å². The van der Waals surface area contributed by atoms with Gasteiger partial charge in [-0.2, -0.15) is 0 Å². The van der Waals surface area contributed by atoms with Crippen LogP contribution in [0.3, 0.4) is 0 Å². The molecule has 204 valence electrons. The molecule has 0 spiro atoms. The average Bonchev–Trinajstić information content (AvgIpc) is 3.23. The number of rotatable bonds is 8. The highest BCUT2D eigenvalue weighted by molar-refractivity contribution is 6.09. The number of aromatic amines is 1. The van der Waals surface area contributed by atoms with Gasteiger partial charge in [-0.25, -0.2) is 4.39 Å². The summed E-state index contributed by atoms with van der Waals surface area (Å²) in [5.41, 5.74) is 4.83. The summed E-state index contributed by atoms with van der Waals surface area (Å²) in [5.74, 6) is 0.690. The number of nitrogens with one attached hydrogen (secondary N) is 2. The third-order valence-corrected chi connectivity index (χ3v) is 8.29. The summed E-state index contributed by atoms with van der Waals surface area (Å²) < 4.78 is 21.2. The molecule has 4 aromatic rings. The van der Waals surface area contributed by atoms with E-state index in [1.807, 2.05) is 44.2 Å². The van der Waals surface area contributed by atoms with E-state index in [9.17, 15) is 14.0 Å². The molecule has 0 radical (unpaired) electrons. The summed E-state index contributed by atoms with van der Waals surface area (Å²) in [6, 6.07) is 17.0. The molecule has 2 aromatic heterocycles. The summed E-state index contributed by atoms with van der Waals surface area (Å²) in [4.78, 5) is 29.1. The van der Waals surface area contributed by atoms with Crippen LogP contribution in [0.25, 0.3) is 10.9 Å². The van der Waals surface area contributed by atoms with Gasteiger partial charge in [-0.1, -0.05) is 30.3 Å². The van der Waals surface area contributed by atoms with Gasteiger partial charge in [0, 0.05) is 46.4 Å². The molecule has 1 aliphatic heterocycles. The maximum atomic E-state index is 13.7. The van der Waals surface area contributed by atoms with Crippen LogP contribution in [0.2, 0.25) is 0 Å². The maximum absolute atomic E-state index is 13.7. The molecule has 39 heavy (non-hydrogen) atoms. The smallest absolute Gasteiger partial charge is 0.255 e. The molecule has 3 unspecified atom stereocenters. The van der Waals surface area contributed by atoms with Gasteiger partial charge >= 0.3 is 0 Å². The first-order valence-corrected chi connectivity index (χ1v) is 13.7. The zero-order valence-electron chi connectivity index (χ0n) is 23.0. The molecule has 1 fully saturated rings. The average molecular weight is 530 g/mol. The number of carbonyl (C=O) groups excluding carboxylic acids is 1. The number of carbonyl (C=O) groups is 1. The van der Waals surface area contributed by atoms with Gasteiger partial charge in [0.05, 0.1) is 12.7 Å². The van der Waals surface area contributed by atoms with Crippen molar-refractivity contribution < 1.29 is 13.9 Å². The van der Waals surface area contributed by atoms with Crippen LogP contribution in [0.4, 0.5) is 4.39 Å². The predicted molar refractivity (Wildman–Crippen MR) is 152 cm³/mol. The number of benzene rings is 2. The molecule has 3 atom stereocenters. The summed E-state index contributed by atoms with van der Waals surface area (Å²) >= 11 is 0. The number of piperidine rings is 1. The fourth-order valence-electron chi connectivity index (χ4n) is 6.28. The maximum Gasteiger partial charge on any atom is 0.255 e. The Morgan fingerprint density at radius 2 is 1.90 bits per heavy atom. The van der Waals surface area contributed by atoms with Crippen molar-refractivity contribution in [3.05, 3.63) is 98.8 Å². The Morgan fingerprint density at radius 1 is 1.15 bits per heavy atom. The lowest BCUT2D eigenvalue weighted by Gasteiger charge is -2.35. The Kier molecular flexibility index (Phi) is 7.71. The van der Waals surface area contributed by atoms with Crippen molar-refractivity contribution >= 4 is 16.7 Å². The lowest BCUT2D eigenvalue weighted by molar-refractivity contribution is 0.0983. The Balaban J connectivity index is 1.43. The van der Waals surface area contributed by atoms with E-state index in [4.69, 9.17) is 4.74 Å². The second-order valence-electron chi connectivity index (χ2n) is 10.7. The summed E-state index contributed by atoms with van der Waals surface area (Å²) in [7, 11) is 1.54. The largest absolute Gasteiger partial charge is 0.496 e. The van der Waals surface area contributed by atoms with Crippen LogP contribution in [-0.4, -0.2) is 29.0 Å². The minimum absolute atomic E-state index is 0.0196. The first kappa shape index (κ1) is 26.9. The van der Waals surface area contributed by atoms with Gasteiger partial charge in [-0.3, -0.25) is 9.59 Å². The summed E-state index contributed by atoms with van der Waals surface area (Å²) in [6.07, 6.45) is 2.47. The number of aryl methyl sites for hydroxylation is 1. The van der Waals surface area contributed by atoms with Crippen LogP contribution in [0.1, 0.15) is 71.1 Å². The van der Waals surface area contributed by atoms with E-state index in [0.717, 1.165) is 52.8 Å². The van der Waals surface area contributed by atoms with Crippen molar-refractivity contribution in [1.29, 1.82) is 0 Å². The second kappa shape index (κ2) is 11.2. The van der Waals surface area contributed by atoms with Crippen molar-refractivity contribution in [2.24, 2.45) is 5.92 Å². The first-order valence-electron chi connectivity index (χ1n) is 13.7. The van der Waals surface area contributed by atoms with Crippen molar-refractivity contribution in [1.82, 2.24) is 14.9 Å². The van der Waals surface area contributed by atoms with Crippen molar-refractivity contribution in [2.45, 2.75) is 58.5 Å². The van der Waals surface area contributed by atoms with Crippen molar-refractivity contribution in [3.8, 4) is 5.75 Å². The number of fused-ring (bicyclic) bond motifs is 1. The molecule has 1 saturated heterocycles. The molecular weight excluding hydrogens is 493 g/mol. The topological polar surface area (TPSA) is 76.1 Å². The van der Waals surface area contributed by atoms with Crippen LogP contribution in [0.15, 0.2) is 59.4 Å². The highest BCUT2D eigenvalue weighted by Crippen LogP contribution is 2.39. The normalized spacial score (nSPS) is 18.3. The molecule has 2 aromatic carbocycles. The van der Waals surface area contributed by atoms with E-state index in [1.54, 1.807) is 13.2 Å². The molecule has 6 nitrogen and oxygen atoms in total. The van der Waals surface area contributed by atoms with Gasteiger partial charge in [0.2, 0.25) is 0 Å². The van der Waals surface area contributed by atoms with Crippen LogP contribution in [0.5, 0.6) is 5.75 Å². The minimum Gasteiger partial charge on any atom is -0.496 e. The monoisotopic (exact) mass is 529 g/mol. The Labute approximate surface area is 228 Å². The number of ketones is 1. The zero-order valence-corrected chi connectivity index (χ0v) is 23.0. The van der Waals surface area contributed by atoms with E-state index in [1.165, 1.54) is 12.1 Å². The van der Waals surface area contributed by atoms with E-state index in [-0.39, 0.29) is 35.7 Å². The quantitative estimate of drug-likeness (QED) is 0.266. The minimum atomic E-state index is -0.225. The number of para-hydroxylation sites is 1. The SMILES string of the molecule is COc1cc(C)[nH]c(=O)c1CCC(=O)c1c(C)n(C(C)C2CCNC(c3ccc(F)cc3)C2)c2ccccc12. The fourth-order valence-corrected chi connectivity index (χ4v) is 6.28. The number of halogens is 1. The Hall–Kier alpha value is -3.71. The molecular formula is C32H36FN3O3. The summed E-state index contributed by atoms with van der Waals surface area (Å²) in [6.45, 7) is 6.96. The van der Waals surface area contributed by atoms with Crippen LogP contribution < -0.4 is 15.6 Å². The van der Waals surface area contributed by atoms with E-state index in [0.29, 0.717) is 23.7 Å². The number of pyridine rings is 1. The molecule has 2 N–H and O–H groups in total. The van der Waals surface area contributed by atoms with Gasteiger partial charge in [0.1, 0.15) is 11.6 Å². The third kappa shape index (κ3) is 5.28. The number of ether oxygens (including phenoxy) is 1. The van der Waals surface area contributed by atoms with Gasteiger partial charge < -0.3 is 19.6 Å². The highest BCUT2D eigenvalue weighted by atomic mass is 19.1. The van der Waals surface area contributed by atoms with Crippen molar-refractivity contribution in [2.75, 3.05) is 13.7 Å². The first-order chi connectivity index (χ1) is 18.8. The number of nitrogens with zero attached hydrogens (tertiary/aromatic N) is 1. The zero-order chi connectivity index (χ0) is 27.7. The number of methoxy groups -OCH3 is 1. The molecule has 0 amide bonds. The fraction of sp³-hybridized carbons (Fsp3) is 0.375. The van der Waals surface area contributed by atoms with Gasteiger partial charge in [0.25, 0.3) is 5.56 Å². The lowest BCUT2D eigenvalue weighted by atomic mass is 9.84. The standard InChI is InChI=1S/C32H36FN3O3/c1-19-17-30(39-4)26(32(38)35-19)13-14-29(37)31-21(3)36(28-8-6-5-7-25(28)31)20(2)23-15-16-34-27(18-23)22-9-11-24(33)12-10-22/h5-12,17,20,23,27,34H,13-16,18H2,1-4H3,(H,35,38). The number of aromatic nitrogens is 2. The van der Waals surface area contributed by atoms with Crippen molar-refractivity contribution in [3.63, 3.8) is 0 Å². The molecule has 3 heterocycles. The molecule has 0 aliphatic carbocycles. The molecule has 7 heteroatoms. The van der Waals surface area contributed by atoms with Gasteiger partial charge in [-0.15, -0.1) is 0 Å². The van der Waals surface area contributed by atoms with E-state index in [2.05, 4.69) is 27.9 Å². The molecule has 5 rings (SSSR count). The Bertz CT molecular complexity index is 1550. The highest BCUT2D eigenvalue weighted by Gasteiger charge is 2.31. The third-order valence-electron chi connectivity index (χ3n) is 8.29.